The Morgan fingerprint density at radius 2 is 1.64 bits per heavy atom. The van der Waals surface area contributed by atoms with E-state index in [1.165, 1.54) is 18.6 Å². The Kier molecular flexibility index (Phi) is 10.8. The number of Topliss-reactive ketones (excluding diaryl/α,β-unsaturated/α-hetero) is 1. The van der Waals surface area contributed by atoms with Crippen molar-refractivity contribution in [2.24, 2.45) is 23.7 Å². The summed E-state index contributed by atoms with van der Waals surface area (Å²) in [4.78, 5) is 86.1. The summed E-state index contributed by atoms with van der Waals surface area (Å²) >= 11 is 0. The zero-order chi connectivity index (χ0) is 31.9. The Hall–Kier alpha value is -3.90. The van der Waals surface area contributed by atoms with Crippen molar-refractivity contribution in [1.29, 1.82) is 0 Å². The number of nitrogens with zero attached hydrogens (tertiary/aromatic N) is 2. The first-order chi connectivity index (χ1) is 21.7. The lowest BCUT2D eigenvalue weighted by Gasteiger charge is -2.32. The van der Waals surface area contributed by atoms with Gasteiger partial charge in [-0.05, 0) is 69.1 Å². The van der Waals surface area contributed by atoms with Crippen LogP contribution in [0.2, 0.25) is 0 Å². The number of ketones is 1. The molecule has 4 aliphatic carbocycles. The molecule has 5 amide bonds. The van der Waals surface area contributed by atoms with E-state index in [4.69, 9.17) is 0 Å². The summed E-state index contributed by atoms with van der Waals surface area (Å²) in [5, 5.41) is 14.0. The Balaban J connectivity index is 1.18. The molecule has 244 valence electrons. The van der Waals surface area contributed by atoms with E-state index in [0.717, 1.165) is 64.2 Å². The van der Waals surface area contributed by atoms with Crippen molar-refractivity contribution in [2.75, 3.05) is 6.54 Å². The van der Waals surface area contributed by atoms with Gasteiger partial charge < -0.3 is 26.6 Å². The molecule has 45 heavy (non-hydrogen) atoms. The number of hydrogen-bond acceptors (Lipinski definition) is 8. The van der Waals surface area contributed by atoms with Crippen LogP contribution in [0, 0.1) is 23.7 Å². The molecule has 5 rings (SSSR count). The fraction of sp³-hybridized carbons (Fsp3) is 0.688. The third-order valence-electron chi connectivity index (χ3n) is 9.80. The highest BCUT2D eigenvalue weighted by molar-refractivity contribution is 6.38. The van der Waals surface area contributed by atoms with Crippen molar-refractivity contribution in [3.63, 3.8) is 0 Å². The van der Waals surface area contributed by atoms with Crippen LogP contribution < -0.4 is 26.6 Å². The summed E-state index contributed by atoms with van der Waals surface area (Å²) in [6.45, 7) is 1.59. The van der Waals surface area contributed by atoms with Crippen LogP contribution in [0.25, 0.3) is 0 Å². The topological polar surface area (TPSA) is 188 Å². The van der Waals surface area contributed by atoms with Gasteiger partial charge in [0.05, 0.1) is 24.7 Å². The van der Waals surface area contributed by atoms with Gasteiger partial charge in [0.15, 0.2) is 0 Å². The van der Waals surface area contributed by atoms with E-state index in [1.807, 2.05) is 6.92 Å². The minimum atomic E-state index is -0.912. The van der Waals surface area contributed by atoms with Gasteiger partial charge in [-0.2, -0.15) is 0 Å². The number of amides is 5. The number of nitrogens with one attached hydrogen (secondary N) is 5. The second-order valence-electron chi connectivity index (χ2n) is 13.1. The van der Waals surface area contributed by atoms with Gasteiger partial charge in [0.1, 0.15) is 11.7 Å². The maximum absolute atomic E-state index is 13.6. The van der Waals surface area contributed by atoms with Crippen molar-refractivity contribution >= 4 is 35.3 Å². The molecule has 0 saturated heterocycles. The molecule has 5 N–H and O–H groups in total. The average molecular weight is 624 g/mol. The van der Waals surface area contributed by atoms with Crippen molar-refractivity contribution in [3.8, 4) is 0 Å². The molecule has 2 bridgehead atoms. The predicted octanol–water partition coefficient (Wildman–Crippen LogP) is 0.935. The lowest BCUT2D eigenvalue weighted by molar-refractivity contribution is -0.141. The molecular weight excluding hydrogens is 578 g/mol. The summed E-state index contributed by atoms with van der Waals surface area (Å²) < 4.78 is 0. The van der Waals surface area contributed by atoms with Gasteiger partial charge in [-0.3, -0.25) is 33.8 Å². The first kappa shape index (κ1) is 32.5. The predicted molar refractivity (Wildman–Crippen MR) is 162 cm³/mol. The van der Waals surface area contributed by atoms with Crippen molar-refractivity contribution < 1.29 is 28.8 Å². The number of fused-ring (bicyclic) bond motifs is 2. The minimum Gasteiger partial charge on any atom is -0.351 e. The molecule has 6 atom stereocenters. The third-order valence-corrected chi connectivity index (χ3v) is 9.80. The van der Waals surface area contributed by atoms with Crippen LogP contribution in [-0.4, -0.2) is 76.0 Å². The van der Waals surface area contributed by atoms with Gasteiger partial charge in [0, 0.05) is 24.5 Å². The highest BCUT2D eigenvalue weighted by atomic mass is 16.2. The van der Waals surface area contributed by atoms with E-state index < -0.39 is 53.5 Å². The van der Waals surface area contributed by atoms with E-state index in [9.17, 15) is 28.8 Å². The van der Waals surface area contributed by atoms with E-state index >= 15 is 0 Å². The minimum absolute atomic E-state index is 0.0393. The van der Waals surface area contributed by atoms with Crippen molar-refractivity contribution in [1.82, 2.24) is 36.6 Å². The lowest BCUT2D eigenvalue weighted by atomic mass is 9.83. The second-order valence-corrected chi connectivity index (χ2v) is 13.1. The van der Waals surface area contributed by atoms with Crippen molar-refractivity contribution in [2.45, 2.75) is 108 Å². The molecule has 0 spiro atoms. The summed E-state index contributed by atoms with van der Waals surface area (Å²) in [5.41, 5.74) is 0.107. The van der Waals surface area contributed by atoms with Gasteiger partial charge in [0.25, 0.3) is 11.8 Å². The summed E-state index contributed by atoms with van der Waals surface area (Å²) in [5.74, 6) is -3.40. The quantitative estimate of drug-likeness (QED) is 0.189. The van der Waals surface area contributed by atoms with Crippen LogP contribution in [0.3, 0.4) is 0 Å². The third kappa shape index (κ3) is 8.23. The van der Waals surface area contributed by atoms with Crippen LogP contribution in [0.5, 0.6) is 0 Å². The zero-order valence-corrected chi connectivity index (χ0v) is 25.9. The van der Waals surface area contributed by atoms with Gasteiger partial charge in [-0.25, -0.2) is 4.98 Å². The van der Waals surface area contributed by atoms with Crippen LogP contribution in [0.1, 0.15) is 94.5 Å². The zero-order valence-electron chi connectivity index (χ0n) is 25.9. The van der Waals surface area contributed by atoms with E-state index in [0.29, 0.717) is 12.8 Å². The van der Waals surface area contributed by atoms with Crippen LogP contribution in [0.4, 0.5) is 0 Å². The molecule has 1 aromatic rings. The standard InChI is InChI=1S/C32H45N7O6/c1-2-6-22(28(41)32(45)36-21-11-12-21)37-30(43)25-19-9-10-20(15-19)26(25)38-24(40)17-35-31(44)27(18-7-4-3-5-8-18)39-29(42)23-16-33-13-14-34-23/h13-14,16,18-22,25-27H,2-12,15,17H2,1H3,(H,35,44)(H,36,45)(H,37,43)(H,38,40)(H,39,42)/t19-,20+,22?,25+,26-,27-/m0/s1. The fourth-order valence-electron chi connectivity index (χ4n) is 7.35. The van der Waals surface area contributed by atoms with Gasteiger partial charge in [-0.1, -0.05) is 32.6 Å². The average Bonchev–Trinajstić information content (AvgIpc) is 3.63. The molecule has 13 heteroatoms. The van der Waals surface area contributed by atoms with Gasteiger partial charge >= 0.3 is 0 Å². The molecule has 0 aliphatic heterocycles. The molecule has 13 nitrogen and oxygen atoms in total. The van der Waals surface area contributed by atoms with Crippen LogP contribution >= 0.6 is 0 Å². The van der Waals surface area contributed by atoms with E-state index in [1.54, 1.807) is 0 Å². The summed E-state index contributed by atoms with van der Waals surface area (Å²) in [6.07, 6.45) is 14.0. The smallest absolute Gasteiger partial charge is 0.289 e. The summed E-state index contributed by atoms with van der Waals surface area (Å²) in [7, 11) is 0. The van der Waals surface area contributed by atoms with E-state index in [2.05, 4.69) is 36.6 Å². The van der Waals surface area contributed by atoms with Crippen LogP contribution in [0.15, 0.2) is 18.6 Å². The molecule has 4 fully saturated rings. The molecule has 1 aromatic heterocycles. The maximum atomic E-state index is 13.6. The molecular formula is C32H45N7O6. The number of aromatic nitrogens is 2. The first-order valence-electron chi connectivity index (χ1n) is 16.5. The molecule has 0 aromatic carbocycles. The summed E-state index contributed by atoms with van der Waals surface area (Å²) in [6, 6.07) is -2.13. The largest absolute Gasteiger partial charge is 0.351 e. The Labute approximate surface area is 263 Å². The van der Waals surface area contributed by atoms with Gasteiger partial charge in [-0.15, -0.1) is 0 Å². The number of carbonyl (C=O) groups excluding carboxylic acids is 6. The monoisotopic (exact) mass is 623 g/mol. The normalized spacial score (nSPS) is 25.4. The highest BCUT2D eigenvalue weighted by Gasteiger charge is 2.52. The Morgan fingerprint density at radius 1 is 0.889 bits per heavy atom. The number of hydrogen-bond donors (Lipinski definition) is 5. The Bertz CT molecular complexity index is 1270. The van der Waals surface area contributed by atoms with Gasteiger partial charge in [0.2, 0.25) is 23.5 Å². The number of rotatable bonds is 14. The molecule has 1 heterocycles. The van der Waals surface area contributed by atoms with Crippen molar-refractivity contribution in [3.05, 3.63) is 24.3 Å². The second kappa shape index (κ2) is 14.9. The molecule has 4 aliphatic rings. The maximum Gasteiger partial charge on any atom is 0.289 e. The van der Waals surface area contributed by atoms with Crippen LogP contribution in [-0.2, 0) is 24.0 Å². The number of carbonyl (C=O) groups is 6. The molecule has 0 radical (unpaired) electrons. The highest BCUT2D eigenvalue weighted by Crippen LogP contribution is 2.48. The molecule has 1 unspecified atom stereocenters. The molecule has 4 saturated carbocycles. The fourth-order valence-corrected chi connectivity index (χ4v) is 7.35. The SMILES string of the molecule is CCCC(NC(=O)[C@@H]1[C@H]2CC[C@H](C2)[C@@H]1NC(=O)CNC(=O)[C@@H](NC(=O)c1cnccn1)C1CCCCC1)C(=O)C(=O)NC1CC1. The lowest BCUT2D eigenvalue weighted by Crippen LogP contribution is -2.56. The Morgan fingerprint density at radius 3 is 2.33 bits per heavy atom. The first-order valence-corrected chi connectivity index (χ1v) is 16.5. The van der Waals surface area contributed by atoms with E-state index in [-0.39, 0.29) is 41.9 Å².